The second-order valence-electron chi connectivity index (χ2n) is 16.3. The van der Waals surface area contributed by atoms with Gasteiger partial charge in [-0.1, -0.05) is 158 Å². The summed E-state index contributed by atoms with van der Waals surface area (Å²) in [5.41, 5.74) is 11.0. The van der Waals surface area contributed by atoms with Gasteiger partial charge in [-0.2, -0.15) is 9.97 Å². The van der Waals surface area contributed by atoms with E-state index in [4.69, 9.17) is 19.4 Å². The summed E-state index contributed by atoms with van der Waals surface area (Å²) in [7, 11) is 0. The first kappa shape index (κ1) is 35.2. The molecular weight excluding hydrogens is 803 g/mol. The van der Waals surface area contributed by atoms with Crippen LogP contribution in [0.25, 0.3) is 131 Å². The minimum Gasteiger partial charge on any atom is -0.453 e. The molecule has 5 heterocycles. The summed E-state index contributed by atoms with van der Waals surface area (Å²) in [6.45, 7) is 0. The molecule has 64 heavy (non-hydrogen) atoms. The topological polar surface area (TPSA) is 61.7 Å². The lowest BCUT2D eigenvalue weighted by atomic mass is 10.0. The minimum absolute atomic E-state index is 0.558. The van der Waals surface area contributed by atoms with E-state index in [2.05, 4.69) is 185 Å². The van der Waals surface area contributed by atoms with Gasteiger partial charge < -0.3 is 8.98 Å². The molecule has 0 bridgehead atoms. The van der Waals surface area contributed by atoms with Gasteiger partial charge in [-0.3, -0.25) is 4.57 Å². The number of benzene rings is 9. The van der Waals surface area contributed by atoms with E-state index in [0.717, 1.165) is 92.8 Å². The summed E-state index contributed by atoms with van der Waals surface area (Å²) in [4.78, 5) is 16.0. The van der Waals surface area contributed by atoms with E-state index in [1.165, 1.54) is 20.9 Å². The fraction of sp³-hybridized carbons (Fsp3) is 0. The van der Waals surface area contributed by atoms with Gasteiger partial charge in [-0.15, -0.1) is 11.3 Å². The van der Waals surface area contributed by atoms with Crippen LogP contribution in [0.5, 0.6) is 0 Å². The molecule has 14 rings (SSSR count). The lowest BCUT2D eigenvalue weighted by Crippen LogP contribution is -2.06. The molecule has 0 spiro atoms. The summed E-state index contributed by atoms with van der Waals surface area (Å²) in [5, 5.41) is 9.16. The average molecular weight is 836 g/mol. The quantitative estimate of drug-likeness (QED) is 0.173. The van der Waals surface area contributed by atoms with Gasteiger partial charge in [0.1, 0.15) is 5.58 Å². The van der Waals surface area contributed by atoms with E-state index in [-0.39, 0.29) is 0 Å². The van der Waals surface area contributed by atoms with E-state index in [9.17, 15) is 0 Å². The Morgan fingerprint density at radius 1 is 0.359 bits per heavy atom. The number of furan rings is 1. The molecule has 0 radical (unpaired) electrons. The molecule has 0 atom stereocenters. The van der Waals surface area contributed by atoms with Gasteiger partial charge in [-0.05, 0) is 48.0 Å². The van der Waals surface area contributed by atoms with Crippen molar-refractivity contribution >= 4 is 97.1 Å². The molecule has 14 aromatic rings. The smallest absolute Gasteiger partial charge is 0.238 e. The maximum atomic E-state index is 7.03. The van der Waals surface area contributed by atoms with E-state index >= 15 is 0 Å². The van der Waals surface area contributed by atoms with Gasteiger partial charge in [0.2, 0.25) is 5.95 Å². The van der Waals surface area contributed by atoms with Crippen molar-refractivity contribution in [3.63, 3.8) is 0 Å². The lowest BCUT2D eigenvalue weighted by molar-refractivity contribution is 0.667. The molecule has 0 amide bonds. The summed E-state index contributed by atoms with van der Waals surface area (Å²) >= 11 is 1.78. The van der Waals surface area contributed by atoms with Crippen molar-refractivity contribution in [1.29, 1.82) is 0 Å². The predicted octanol–water partition coefficient (Wildman–Crippen LogP) is 15.3. The SMILES string of the molecule is c1ccc(-c2nc(-c3cccc4c3sc3ccccc34)nc(-n3c4ccccc4c4cc5c6ccccc6n(-c6cccc7c6oc6c(-c8ccccc8)cccc67)c5cc43)n2)cc1. The van der Waals surface area contributed by atoms with Crippen molar-refractivity contribution in [3.8, 4) is 45.5 Å². The summed E-state index contributed by atoms with van der Waals surface area (Å²) < 4.78 is 14.0. The largest absolute Gasteiger partial charge is 0.453 e. The number of fused-ring (bicyclic) bond motifs is 12. The Morgan fingerprint density at radius 2 is 0.922 bits per heavy atom. The first-order valence-electron chi connectivity index (χ1n) is 21.4. The Bertz CT molecular complexity index is 4200. The third-order valence-corrected chi connectivity index (χ3v) is 14.0. The lowest BCUT2D eigenvalue weighted by Gasteiger charge is -2.12. The number of para-hydroxylation sites is 4. The highest BCUT2D eigenvalue weighted by Crippen LogP contribution is 2.44. The zero-order chi connectivity index (χ0) is 41.9. The minimum atomic E-state index is 0.558. The van der Waals surface area contributed by atoms with E-state index in [0.29, 0.717) is 17.6 Å². The highest BCUT2D eigenvalue weighted by atomic mass is 32.1. The Balaban J connectivity index is 1.07. The van der Waals surface area contributed by atoms with Crippen molar-refractivity contribution in [3.05, 3.63) is 200 Å². The molecule has 9 aromatic carbocycles. The van der Waals surface area contributed by atoms with E-state index in [1.807, 2.05) is 24.3 Å². The van der Waals surface area contributed by atoms with Crippen LogP contribution in [-0.2, 0) is 0 Å². The first-order chi connectivity index (χ1) is 31.7. The first-order valence-corrected chi connectivity index (χ1v) is 22.3. The molecule has 6 nitrogen and oxygen atoms in total. The van der Waals surface area contributed by atoms with Crippen LogP contribution in [0.3, 0.4) is 0 Å². The van der Waals surface area contributed by atoms with Crippen LogP contribution in [0.4, 0.5) is 0 Å². The van der Waals surface area contributed by atoms with Crippen LogP contribution < -0.4 is 0 Å². The summed E-state index contributed by atoms with van der Waals surface area (Å²) in [5.74, 6) is 1.81. The molecule has 0 saturated heterocycles. The second kappa shape index (κ2) is 13.6. The maximum absolute atomic E-state index is 7.03. The fourth-order valence-electron chi connectivity index (χ4n) is 9.96. The number of thiophene rings is 1. The van der Waals surface area contributed by atoms with Gasteiger partial charge in [0.05, 0.1) is 27.8 Å². The molecule has 0 saturated carbocycles. The number of aromatic nitrogens is 5. The normalized spacial score (nSPS) is 12.1. The standard InChI is InChI=1S/C57H33N5OS/c1-3-16-34(17-4-1)36-23-13-24-40-41-25-15-30-48(53(41)63-52(36)40)61-46-28-10-7-20-37(46)44-32-45-38-21-8-11-29-47(38)62(50(45)33-49(44)61)57-59-55(35-18-5-2-6-19-35)58-56(60-57)43-27-14-26-42-39-22-9-12-31-51(39)64-54(42)43/h1-33H. The van der Waals surface area contributed by atoms with Crippen LogP contribution in [0.1, 0.15) is 0 Å². The highest BCUT2D eigenvalue weighted by Gasteiger charge is 2.24. The molecule has 0 aliphatic carbocycles. The fourth-order valence-corrected chi connectivity index (χ4v) is 11.2. The van der Waals surface area contributed by atoms with Crippen LogP contribution in [0.2, 0.25) is 0 Å². The van der Waals surface area contributed by atoms with E-state index < -0.39 is 0 Å². The van der Waals surface area contributed by atoms with Gasteiger partial charge in [0, 0.05) is 69.2 Å². The maximum Gasteiger partial charge on any atom is 0.238 e. The van der Waals surface area contributed by atoms with Crippen molar-refractivity contribution in [2.24, 2.45) is 0 Å². The Labute approximate surface area is 369 Å². The zero-order valence-electron chi connectivity index (χ0n) is 34.1. The predicted molar refractivity (Wildman–Crippen MR) is 265 cm³/mol. The van der Waals surface area contributed by atoms with Gasteiger partial charge in [-0.25, -0.2) is 4.98 Å². The third kappa shape index (κ3) is 5.10. The molecule has 0 aliphatic rings. The van der Waals surface area contributed by atoms with Crippen LogP contribution in [-0.4, -0.2) is 24.1 Å². The van der Waals surface area contributed by atoms with Crippen molar-refractivity contribution in [2.75, 3.05) is 0 Å². The molecule has 0 N–H and O–H groups in total. The van der Waals surface area contributed by atoms with Crippen LogP contribution >= 0.6 is 11.3 Å². The Kier molecular flexibility index (Phi) is 7.46. The Morgan fingerprint density at radius 3 is 1.69 bits per heavy atom. The van der Waals surface area contributed by atoms with Crippen molar-refractivity contribution in [1.82, 2.24) is 24.1 Å². The Hall–Kier alpha value is -8.39. The molecular formula is C57H33N5OS. The average Bonchev–Trinajstić information content (AvgIpc) is 4.11. The second-order valence-corrected chi connectivity index (χ2v) is 17.4. The third-order valence-electron chi connectivity index (χ3n) is 12.8. The molecule has 0 fully saturated rings. The molecule has 0 aliphatic heterocycles. The van der Waals surface area contributed by atoms with Gasteiger partial charge >= 0.3 is 0 Å². The van der Waals surface area contributed by atoms with Crippen LogP contribution in [0, 0.1) is 0 Å². The summed E-state index contributed by atoms with van der Waals surface area (Å²) in [6.07, 6.45) is 0. The number of hydrogen-bond donors (Lipinski definition) is 0. The number of hydrogen-bond acceptors (Lipinski definition) is 5. The molecule has 7 heteroatoms. The number of nitrogens with zero attached hydrogens (tertiary/aromatic N) is 5. The highest BCUT2D eigenvalue weighted by molar-refractivity contribution is 7.26. The van der Waals surface area contributed by atoms with Gasteiger partial charge in [0.25, 0.3) is 0 Å². The monoisotopic (exact) mass is 835 g/mol. The van der Waals surface area contributed by atoms with Crippen molar-refractivity contribution < 1.29 is 4.42 Å². The number of rotatable bonds is 5. The zero-order valence-corrected chi connectivity index (χ0v) is 34.9. The molecule has 5 aromatic heterocycles. The molecule has 0 unspecified atom stereocenters. The van der Waals surface area contributed by atoms with Crippen LogP contribution in [0.15, 0.2) is 205 Å². The summed E-state index contributed by atoms with van der Waals surface area (Å²) in [6, 6.07) is 70.6. The van der Waals surface area contributed by atoms with E-state index in [1.54, 1.807) is 11.3 Å². The van der Waals surface area contributed by atoms with Crippen molar-refractivity contribution in [2.45, 2.75) is 0 Å². The molecule has 298 valence electrons. The van der Waals surface area contributed by atoms with Gasteiger partial charge in [0.15, 0.2) is 17.2 Å².